The van der Waals surface area contributed by atoms with E-state index in [0.717, 1.165) is 19.3 Å². The zero-order valence-electron chi connectivity index (χ0n) is 11.5. The van der Waals surface area contributed by atoms with E-state index in [4.69, 9.17) is 0 Å². The summed E-state index contributed by atoms with van der Waals surface area (Å²) in [7, 11) is 0. The molecular formula is C16H24O. The molecule has 0 N–H and O–H groups in total. The summed E-state index contributed by atoms with van der Waals surface area (Å²) < 4.78 is 0. The molecule has 1 aromatic carbocycles. The highest BCUT2D eigenvalue weighted by Gasteiger charge is 2.06. The minimum absolute atomic E-state index is 0.230. The molecule has 0 heterocycles. The summed E-state index contributed by atoms with van der Waals surface area (Å²) in [6.07, 6.45) is 4.49. The topological polar surface area (TPSA) is 17.1 Å². The van der Waals surface area contributed by atoms with Crippen LogP contribution >= 0.6 is 0 Å². The zero-order valence-corrected chi connectivity index (χ0v) is 11.5. The van der Waals surface area contributed by atoms with Gasteiger partial charge in [-0.05, 0) is 51.2 Å². The lowest BCUT2D eigenvalue weighted by Crippen LogP contribution is -2.05. The Hall–Kier alpha value is -1.11. The van der Waals surface area contributed by atoms with E-state index in [1.54, 1.807) is 6.92 Å². The first kappa shape index (κ1) is 14.0. The zero-order chi connectivity index (χ0) is 12.8. The number of ketones is 1. The maximum atomic E-state index is 11.1. The molecular weight excluding hydrogens is 208 g/mol. The fourth-order valence-corrected chi connectivity index (χ4v) is 2.04. The van der Waals surface area contributed by atoms with Gasteiger partial charge in [-0.1, -0.05) is 37.1 Å². The Morgan fingerprint density at radius 3 is 2.59 bits per heavy atom. The molecule has 1 aromatic rings. The molecule has 0 aliphatic heterocycles. The van der Waals surface area contributed by atoms with Gasteiger partial charge in [0.15, 0.2) is 0 Å². The van der Waals surface area contributed by atoms with Crippen molar-refractivity contribution in [2.75, 3.05) is 0 Å². The van der Waals surface area contributed by atoms with E-state index in [9.17, 15) is 4.79 Å². The Labute approximate surface area is 105 Å². The number of rotatable bonds is 6. The van der Waals surface area contributed by atoms with Gasteiger partial charge in [0.1, 0.15) is 5.78 Å². The number of carbonyl (C=O) groups is 1. The second kappa shape index (κ2) is 6.58. The van der Waals surface area contributed by atoms with Gasteiger partial charge in [0, 0.05) is 5.92 Å². The number of hydrogen-bond acceptors (Lipinski definition) is 1. The summed E-state index contributed by atoms with van der Waals surface area (Å²) >= 11 is 0. The monoisotopic (exact) mass is 232 g/mol. The Morgan fingerprint density at radius 1 is 1.24 bits per heavy atom. The second-order valence-electron chi connectivity index (χ2n) is 5.19. The molecule has 0 aromatic heterocycles. The Bertz CT molecular complexity index is 379. The normalized spacial score (nSPS) is 12.5. The van der Waals surface area contributed by atoms with E-state index in [1.165, 1.54) is 23.1 Å². The number of unbranched alkanes of at least 4 members (excludes halogenated alkanes) is 1. The largest absolute Gasteiger partial charge is 0.300 e. The van der Waals surface area contributed by atoms with Crippen molar-refractivity contribution in [1.82, 2.24) is 0 Å². The van der Waals surface area contributed by atoms with Crippen LogP contribution in [0.3, 0.4) is 0 Å². The lowest BCUT2D eigenvalue weighted by Gasteiger charge is -2.09. The SMILES string of the molecule is CC(=O)C(C)CCCCc1cc(C)ccc1C. The van der Waals surface area contributed by atoms with Crippen LogP contribution in [0.5, 0.6) is 0 Å². The molecule has 0 amide bonds. The third-order valence-corrected chi connectivity index (χ3v) is 3.53. The van der Waals surface area contributed by atoms with Crippen molar-refractivity contribution in [1.29, 1.82) is 0 Å². The molecule has 0 saturated heterocycles. The number of Topliss-reactive ketones (excluding diaryl/α,β-unsaturated/α-hetero) is 1. The van der Waals surface area contributed by atoms with Crippen molar-refractivity contribution in [3.05, 3.63) is 34.9 Å². The van der Waals surface area contributed by atoms with Gasteiger partial charge in [0.2, 0.25) is 0 Å². The lowest BCUT2D eigenvalue weighted by atomic mass is 9.96. The fraction of sp³-hybridized carbons (Fsp3) is 0.562. The fourth-order valence-electron chi connectivity index (χ4n) is 2.04. The van der Waals surface area contributed by atoms with Crippen LogP contribution in [0.2, 0.25) is 0 Å². The molecule has 1 nitrogen and oxygen atoms in total. The van der Waals surface area contributed by atoms with E-state index >= 15 is 0 Å². The molecule has 17 heavy (non-hydrogen) atoms. The smallest absolute Gasteiger partial charge is 0.132 e. The maximum Gasteiger partial charge on any atom is 0.132 e. The third-order valence-electron chi connectivity index (χ3n) is 3.53. The van der Waals surface area contributed by atoms with Crippen LogP contribution < -0.4 is 0 Å². The average Bonchev–Trinajstić information content (AvgIpc) is 2.28. The Balaban J connectivity index is 2.36. The highest BCUT2D eigenvalue weighted by Crippen LogP contribution is 2.16. The Morgan fingerprint density at radius 2 is 1.94 bits per heavy atom. The van der Waals surface area contributed by atoms with Crippen LogP contribution in [0.25, 0.3) is 0 Å². The molecule has 0 fully saturated rings. The van der Waals surface area contributed by atoms with E-state index in [-0.39, 0.29) is 5.92 Å². The first-order valence-corrected chi connectivity index (χ1v) is 6.57. The molecule has 1 heteroatoms. The summed E-state index contributed by atoms with van der Waals surface area (Å²) in [5.74, 6) is 0.547. The van der Waals surface area contributed by atoms with Crippen molar-refractivity contribution >= 4 is 5.78 Å². The van der Waals surface area contributed by atoms with Gasteiger partial charge in [-0.25, -0.2) is 0 Å². The highest BCUT2D eigenvalue weighted by atomic mass is 16.1. The van der Waals surface area contributed by atoms with E-state index < -0.39 is 0 Å². The standard InChI is InChI=1S/C16H24O/c1-12-9-10-14(3)16(11-12)8-6-5-7-13(2)15(4)17/h9-11,13H,5-8H2,1-4H3. The van der Waals surface area contributed by atoms with Gasteiger partial charge in [0.25, 0.3) is 0 Å². The lowest BCUT2D eigenvalue weighted by molar-refractivity contribution is -0.120. The predicted molar refractivity (Wildman–Crippen MR) is 73.3 cm³/mol. The highest BCUT2D eigenvalue weighted by molar-refractivity contribution is 5.77. The van der Waals surface area contributed by atoms with Crippen molar-refractivity contribution in [3.63, 3.8) is 0 Å². The molecule has 0 spiro atoms. The molecule has 0 bridgehead atoms. The number of hydrogen-bond donors (Lipinski definition) is 0. The molecule has 0 saturated carbocycles. The molecule has 0 aliphatic carbocycles. The van der Waals surface area contributed by atoms with Gasteiger partial charge in [0.05, 0.1) is 0 Å². The van der Waals surface area contributed by atoms with Crippen LogP contribution in [-0.2, 0) is 11.2 Å². The maximum absolute atomic E-state index is 11.1. The van der Waals surface area contributed by atoms with Gasteiger partial charge in [-0.3, -0.25) is 4.79 Å². The summed E-state index contributed by atoms with van der Waals surface area (Å²) in [6.45, 7) is 8.03. The van der Waals surface area contributed by atoms with Crippen LogP contribution in [0.4, 0.5) is 0 Å². The van der Waals surface area contributed by atoms with Crippen molar-refractivity contribution < 1.29 is 4.79 Å². The summed E-state index contributed by atoms with van der Waals surface area (Å²) in [5.41, 5.74) is 4.18. The average molecular weight is 232 g/mol. The summed E-state index contributed by atoms with van der Waals surface area (Å²) in [6, 6.07) is 6.64. The van der Waals surface area contributed by atoms with Gasteiger partial charge in [-0.2, -0.15) is 0 Å². The third kappa shape index (κ3) is 4.72. The second-order valence-corrected chi connectivity index (χ2v) is 5.19. The first-order valence-electron chi connectivity index (χ1n) is 6.57. The quantitative estimate of drug-likeness (QED) is 0.670. The number of aryl methyl sites for hydroxylation is 3. The van der Waals surface area contributed by atoms with E-state index in [2.05, 4.69) is 32.0 Å². The minimum atomic E-state index is 0.230. The predicted octanol–water partition coefficient (Wildman–Crippen LogP) is 4.24. The van der Waals surface area contributed by atoms with Crippen molar-refractivity contribution in [2.24, 2.45) is 5.92 Å². The van der Waals surface area contributed by atoms with Gasteiger partial charge >= 0.3 is 0 Å². The van der Waals surface area contributed by atoms with Crippen LogP contribution in [0, 0.1) is 19.8 Å². The molecule has 1 unspecified atom stereocenters. The summed E-state index contributed by atoms with van der Waals surface area (Å²) in [4.78, 5) is 11.1. The van der Waals surface area contributed by atoms with Crippen molar-refractivity contribution in [3.8, 4) is 0 Å². The molecule has 1 atom stereocenters. The molecule has 0 radical (unpaired) electrons. The van der Waals surface area contributed by atoms with E-state index in [1.807, 2.05) is 6.92 Å². The van der Waals surface area contributed by atoms with E-state index in [0.29, 0.717) is 5.78 Å². The van der Waals surface area contributed by atoms with Crippen LogP contribution in [-0.4, -0.2) is 5.78 Å². The van der Waals surface area contributed by atoms with Gasteiger partial charge in [-0.15, -0.1) is 0 Å². The molecule has 94 valence electrons. The van der Waals surface area contributed by atoms with Crippen molar-refractivity contribution in [2.45, 2.75) is 53.4 Å². The molecule has 1 rings (SSSR count). The first-order chi connectivity index (χ1) is 8.00. The minimum Gasteiger partial charge on any atom is -0.300 e. The molecule has 0 aliphatic rings. The Kier molecular flexibility index (Phi) is 5.40. The van der Waals surface area contributed by atoms with Gasteiger partial charge < -0.3 is 0 Å². The van der Waals surface area contributed by atoms with Crippen LogP contribution in [0.1, 0.15) is 49.8 Å². The summed E-state index contributed by atoms with van der Waals surface area (Å²) in [5, 5.41) is 0. The number of carbonyl (C=O) groups excluding carboxylic acids is 1. The van der Waals surface area contributed by atoms with Crippen LogP contribution in [0.15, 0.2) is 18.2 Å². The number of benzene rings is 1.